The minimum atomic E-state index is -3.69. The highest BCUT2D eigenvalue weighted by Crippen LogP contribution is 2.42. The predicted molar refractivity (Wildman–Crippen MR) is 97.1 cm³/mol. The summed E-state index contributed by atoms with van der Waals surface area (Å²) in [6.45, 7) is 5.90. The number of unbranched alkanes of at least 4 members (excludes halogenated alkanes) is 2. The maximum Gasteiger partial charge on any atom is 0.412 e. The second-order valence-electron chi connectivity index (χ2n) is 6.78. The molecule has 0 spiro atoms. The van der Waals surface area contributed by atoms with Crippen LogP contribution < -0.4 is 11.0 Å². The van der Waals surface area contributed by atoms with Crippen LogP contribution in [0.25, 0.3) is 0 Å². The SMILES string of the molecule is CCCCCOC(=O)Nc1ccn([C@@H]2O[CH][C@@H](OC(=O)C(C)C)C2(F)F)c(=O)n1. The van der Waals surface area contributed by atoms with Crippen LogP contribution in [-0.4, -0.2) is 40.2 Å². The standard InChI is InChI=1S/C18H24F2N3O6/c1-4-5-6-9-27-17(26)22-13-7-8-23(16(25)21-13)15-18(19,20)12(10-28-15)29-14(24)11(2)3/h7-8,10-12,15H,4-6,9H2,1-3H3,(H,21,22,25,26)/t12-,15-/m1/s1. The van der Waals surface area contributed by atoms with Crippen LogP contribution in [-0.2, 0) is 19.0 Å². The third-order valence-corrected chi connectivity index (χ3v) is 4.05. The van der Waals surface area contributed by atoms with E-state index < -0.39 is 41.9 Å². The number of hydrogen-bond acceptors (Lipinski definition) is 7. The fraction of sp³-hybridized carbons (Fsp3) is 0.611. The zero-order valence-electron chi connectivity index (χ0n) is 16.4. The van der Waals surface area contributed by atoms with Crippen molar-refractivity contribution in [3.05, 3.63) is 29.4 Å². The largest absolute Gasteiger partial charge is 0.453 e. The maximum atomic E-state index is 14.6. The molecule has 1 aliphatic heterocycles. The fourth-order valence-corrected chi connectivity index (χ4v) is 2.40. The van der Waals surface area contributed by atoms with Crippen LogP contribution in [0.3, 0.4) is 0 Å². The zero-order valence-corrected chi connectivity index (χ0v) is 16.4. The smallest absolute Gasteiger partial charge is 0.412 e. The van der Waals surface area contributed by atoms with Crippen LogP contribution in [0.4, 0.5) is 19.4 Å². The number of amides is 1. The summed E-state index contributed by atoms with van der Waals surface area (Å²) in [5.74, 6) is -5.27. The van der Waals surface area contributed by atoms with Gasteiger partial charge in [0.1, 0.15) is 12.4 Å². The number of esters is 1. The Morgan fingerprint density at radius 1 is 1.38 bits per heavy atom. The Bertz CT molecular complexity index is 783. The van der Waals surface area contributed by atoms with Gasteiger partial charge in [0.25, 0.3) is 0 Å². The molecule has 2 rings (SSSR count). The number of rotatable bonds is 8. The van der Waals surface area contributed by atoms with Crippen LogP contribution in [0.1, 0.15) is 46.3 Å². The molecule has 0 aromatic carbocycles. The minimum absolute atomic E-state index is 0.153. The normalized spacial score (nSPS) is 20.5. The first-order chi connectivity index (χ1) is 13.7. The van der Waals surface area contributed by atoms with E-state index >= 15 is 0 Å². The summed E-state index contributed by atoms with van der Waals surface area (Å²) < 4.78 is 44.2. The number of alkyl halides is 2. The van der Waals surface area contributed by atoms with Gasteiger partial charge in [0, 0.05) is 6.20 Å². The lowest BCUT2D eigenvalue weighted by atomic mass is 10.2. The number of nitrogens with zero attached hydrogens (tertiary/aromatic N) is 2. The molecule has 1 saturated heterocycles. The molecule has 161 valence electrons. The fourth-order valence-electron chi connectivity index (χ4n) is 2.40. The summed E-state index contributed by atoms with van der Waals surface area (Å²) in [5, 5.41) is 2.25. The van der Waals surface area contributed by atoms with Gasteiger partial charge in [-0.3, -0.25) is 14.7 Å². The molecule has 1 aromatic heterocycles. The molecule has 0 saturated carbocycles. The summed E-state index contributed by atoms with van der Waals surface area (Å²) in [5.41, 5.74) is -1.08. The van der Waals surface area contributed by atoms with Crippen LogP contribution in [0, 0.1) is 12.5 Å². The summed E-state index contributed by atoms with van der Waals surface area (Å²) in [7, 11) is 0. The molecule has 2 heterocycles. The van der Waals surface area contributed by atoms with Gasteiger partial charge in [-0.25, -0.2) is 9.59 Å². The molecule has 1 aliphatic rings. The van der Waals surface area contributed by atoms with Crippen molar-refractivity contribution in [1.29, 1.82) is 0 Å². The third kappa shape index (κ3) is 5.72. The van der Waals surface area contributed by atoms with E-state index in [0.29, 0.717) is 17.6 Å². The number of aromatic nitrogens is 2. The van der Waals surface area contributed by atoms with Crippen molar-refractivity contribution in [3.8, 4) is 0 Å². The highest BCUT2D eigenvalue weighted by atomic mass is 19.3. The number of carbonyl (C=O) groups excluding carboxylic acids is 2. The van der Waals surface area contributed by atoms with Crippen molar-refractivity contribution in [1.82, 2.24) is 9.55 Å². The first-order valence-corrected chi connectivity index (χ1v) is 9.26. The highest BCUT2D eigenvalue weighted by molar-refractivity contribution is 5.83. The van der Waals surface area contributed by atoms with Crippen molar-refractivity contribution < 1.29 is 32.6 Å². The van der Waals surface area contributed by atoms with Gasteiger partial charge in [0.15, 0.2) is 6.10 Å². The van der Waals surface area contributed by atoms with Crippen molar-refractivity contribution in [3.63, 3.8) is 0 Å². The molecule has 1 N–H and O–H groups in total. The van der Waals surface area contributed by atoms with Gasteiger partial charge >= 0.3 is 23.7 Å². The average molecular weight is 416 g/mol. The molecular formula is C18H24F2N3O6. The number of ether oxygens (including phenoxy) is 3. The summed E-state index contributed by atoms with van der Waals surface area (Å²) >= 11 is 0. The van der Waals surface area contributed by atoms with Gasteiger partial charge < -0.3 is 14.2 Å². The monoisotopic (exact) mass is 416 g/mol. The highest BCUT2D eigenvalue weighted by Gasteiger charge is 2.58. The van der Waals surface area contributed by atoms with E-state index in [2.05, 4.69) is 10.3 Å². The molecule has 1 aromatic rings. The van der Waals surface area contributed by atoms with Gasteiger partial charge in [-0.1, -0.05) is 33.6 Å². The molecule has 1 fully saturated rings. The number of nitrogens with one attached hydrogen (secondary N) is 1. The van der Waals surface area contributed by atoms with Gasteiger partial charge in [-0.15, -0.1) is 0 Å². The van der Waals surface area contributed by atoms with Gasteiger partial charge in [-0.05, 0) is 12.5 Å². The molecule has 2 atom stereocenters. The summed E-state index contributed by atoms with van der Waals surface area (Å²) in [4.78, 5) is 38.9. The Labute approximate surface area is 166 Å². The van der Waals surface area contributed by atoms with E-state index in [1.165, 1.54) is 13.8 Å². The molecule has 0 aliphatic carbocycles. The van der Waals surface area contributed by atoms with Crippen molar-refractivity contribution in [2.24, 2.45) is 5.92 Å². The number of hydrogen-bond donors (Lipinski definition) is 1. The van der Waals surface area contributed by atoms with Crippen LogP contribution >= 0.6 is 0 Å². The molecule has 29 heavy (non-hydrogen) atoms. The number of carbonyl (C=O) groups is 2. The molecule has 1 radical (unpaired) electrons. The van der Waals surface area contributed by atoms with Gasteiger partial charge in [-0.2, -0.15) is 13.8 Å². The lowest BCUT2D eigenvalue weighted by Crippen LogP contribution is -2.42. The Kier molecular flexibility index (Phi) is 7.66. The quantitative estimate of drug-likeness (QED) is 0.513. The summed E-state index contributed by atoms with van der Waals surface area (Å²) in [6, 6.07) is 1.15. The maximum absolute atomic E-state index is 14.6. The topological polar surface area (TPSA) is 109 Å². The van der Waals surface area contributed by atoms with Gasteiger partial charge in [0.2, 0.25) is 6.23 Å². The molecule has 9 nitrogen and oxygen atoms in total. The Morgan fingerprint density at radius 2 is 2.10 bits per heavy atom. The van der Waals surface area contributed by atoms with Crippen LogP contribution in [0.2, 0.25) is 0 Å². The van der Waals surface area contributed by atoms with E-state index in [0.717, 1.165) is 25.1 Å². The van der Waals surface area contributed by atoms with Gasteiger partial charge in [0.05, 0.1) is 12.5 Å². The minimum Gasteiger partial charge on any atom is -0.453 e. The van der Waals surface area contributed by atoms with Crippen molar-refractivity contribution >= 4 is 17.9 Å². The molecule has 11 heteroatoms. The third-order valence-electron chi connectivity index (χ3n) is 4.05. The number of anilines is 1. The zero-order chi connectivity index (χ0) is 21.6. The van der Waals surface area contributed by atoms with E-state index in [9.17, 15) is 23.2 Å². The summed E-state index contributed by atoms with van der Waals surface area (Å²) in [6.07, 6.45) is -1.21. The Balaban J connectivity index is 2.04. The first kappa shape index (κ1) is 22.7. The molecule has 1 amide bonds. The predicted octanol–water partition coefficient (Wildman–Crippen LogP) is 2.88. The number of halogens is 2. The van der Waals surface area contributed by atoms with E-state index in [-0.39, 0.29) is 12.4 Å². The van der Waals surface area contributed by atoms with Crippen LogP contribution in [0.15, 0.2) is 17.1 Å². The Morgan fingerprint density at radius 3 is 2.72 bits per heavy atom. The van der Waals surface area contributed by atoms with Crippen molar-refractivity contribution in [2.75, 3.05) is 11.9 Å². The molecular weight excluding hydrogens is 392 g/mol. The lowest BCUT2D eigenvalue weighted by Gasteiger charge is -2.23. The average Bonchev–Trinajstić information content (AvgIpc) is 2.93. The molecule has 0 bridgehead atoms. The second-order valence-corrected chi connectivity index (χ2v) is 6.78. The Hall–Kier alpha value is -2.56. The van der Waals surface area contributed by atoms with E-state index in [4.69, 9.17) is 14.2 Å². The molecule has 0 unspecified atom stereocenters. The van der Waals surface area contributed by atoms with E-state index in [1.54, 1.807) is 0 Å². The van der Waals surface area contributed by atoms with E-state index in [1.807, 2.05) is 6.92 Å². The first-order valence-electron chi connectivity index (χ1n) is 9.26. The lowest BCUT2D eigenvalue weighted by molar-refractivity contribution is -0.178. The second kappa shape index (κ2) is 9.77. The van der Waals surface area contributed by atoms with Crippen molar-refractivity contribution in [2.45, 2.75) is 58.3 Å². The van der Waals surface area contributed by atoms with Crippen LogP contribution in [0.5, 0.6) is 0 Å².